The number of methoxy groups -OCH3 is 1. The van der Waals surface area contributed by atoms with Crippen molar-refractivity contribution in [2.45, 2.75) is 31.3 Å². The zero-order valence-corrected chi connectivity index (χ0v) is 12.8. The van der Waals surface area contributed by atoms with Gasteiger partial charge in [0, 0.05) is 20.2 Å². The lowest BCUT2D eigenvalue weighted by Gasteiger charge is -2.24. The van der Waals surface area contributed by atoms with Crippen LogP contribution in [0, 0.1) is 5.82 Å². The van der Waals surface area contributed by atoms with Crippen LogP contribution in [0.4, 0.5) is 17.6 Å². The minimum atomic E-state index is -4.61. The first kappa shape index (κ1) is 16.8. The quantitative estimate of drug-likeness (QED) is 0.867. The number of alkyl halides is 3. The van der Waals surface area contributed by atoms with E-state index < -0.39 is 17.6 Å². The summed E-state index contributed by atoms with van der Waals surface area (Å²) in [5, 5.41) is 6.55. The molecule has 2 atom stereocenters. The van der Waals surface area contributed by atoms with E-state index in [1.165, 1.54) is 12.4 Å². The number of H-pyrrole nitrogens is 1. The van der Waals surface area contributed by atoms with Crippen LogP contribution in [0.25, 0.3) is 0 Å². The lowest BCUT2D eigenvalue weighted by Crippen LogP contribution is -2.27. The van der Waals surface area contributed by atoms with E-state index in [1.807, 2.05) is 4.90 Å². The molecule has 2 heterocycles. The lowest BCUT2D eigenvalue weighted by molar-refractivity contribution is -0.138. The molecule has 24 heavy (non-hydrogen) atoms. The summed E-state index contributed by atoms with van der Waals surface area (Å²) in [7, 11) is 1.56. The molecule has 130 valence electrons. The van der Waals surface area contributed by atoms with Crippen LogP contribution < -0.4 is 0 Å². The molecule has 3 rings (SSSR count). The third kappa shape index (κ3) is 3.41. The Morgan fingerprint density at radius 1 is 1.38 bits per heavy atom. The maximum atomic E-state index is 13.3. The lowest BCUT2D eigenvalue weighted by atomic mass is 10.1. The largest absolute Gasteiger partial charge is 0.416 e. The Balaban J connectivity index is 1.89. The Bertz CT molecular complexity index is 689. The molecule has 0 spiro atoms. The number of hydrogen-bond donors (Lipinski definition) is 1. The molecule has 1 N–H and O–H groups in total. The second-order valence-electron chi connectivity index (χ2n) is 5.71. The SMILES string of the molecule is CO[C@@H]1C[C@@H](c2ncn[nH]2)N(Cc2ccc(F)cc2C(F)(F)F)C1. The van der Waals surface area contributed by atoms with Gasteiger partial charge in [0.15, 0.2) is 0 Å². The topological polar surface area (TPSA) is 54.0 Å². The number of hydrogen-bond acceptors (Lipinski definition) is 4. The monoisotopic (exact) mass is 344 g/mol. The van der Waals surface area contributed by atoms with E-state index in [1.54, 1.807) is 7.11 Å². The molecule has 9 heteroatoms. The second kappa shape index (κ2) is 6.48. The molecule has 1 aromatic carbocycles. The van der Waals surface area contributed by atoms with Crippen molar-refractivity contribution in [2.75, 3.05) is 13.7 Å². The Morgan fingerprint density at radius 2 is 2.17 bits per heavy atom. The van der Waals surface area contributed by atoms with E-state index in [2.05, 4.69) is 15.2 Å². The van der Waals surface area contributed by atoms with E-state index in [0.29, 0.717) is 24.9 Å². The smallest absolute Gasteiger partial charge is 0.380 e. The van der Waals surface area contributed by atoms with Crippen molar-refractivity contribution in [3.05, 3.63) is 47.3 Å². The van der Waals surface area contributed by atoms with Gasteiger partial charge in [0.25, 0.3) is 0 Å². The Labute approximate surface area is 135 Å². The zero-order valence-electron chi connectivity index (χ0n) is 12.8. The number of nitrogens with one attached hydrogen (secondary N) is 1. The van der Waals surface area contributed by atoms with Gasteiger partial charge >= 0.3 is 6.18 Å². The number of benzene rings is 1. The summed E-state index contributed by atoms with van der Waals surface area (Å²) in [5.74, 6) is -0.334. The third-order valence-corrected chi connectivity index (χ3v) is 4.20. The average molecular weight is 344 g/mol. The van der Waals surface area contributed by atoms with E-state index >= 15 is 0 Å². The summed E-state index contributed by atoms with van der Waals surface area (Å²) in [6, 6.07) is 2.51. The standard InChI is InChI=1S/C15H16F4N4O/c1-24-11-5-13(14-20-8-21-22-14)23(7-11)6-9-2-3-10(16)4-12(9)15(17,18)19/h2-4,8,11,13H,5-7H2,1H3,(H,20,21,22)/t11-,13+/m1/s1. The maximum absolute atomic E-state index is 13.3. The molecule has 0 aliphatic carbocycles. The van der Waals surface area contributed by atoms with Crippen molar-refractivity contribution in [1.82, 2.24) is 20.1 Å². The number of likely N-dealkylation sites (tertiary alicyclic amines) is 1. The Hall–Kier alpha value is -2.00. The van der Waals surface area contributed by atoms with Gasteiger partial charge in [-0.1, -0.05) is 6.07 Å². The fourth-order valence-corrected chi connectivity index (χ4v) is 3.04. The van der Waals surface area contributed by atoms with Gasteiger partial charge in [0.05, 0.1) is 17.7 Å². The minimum Gasteiger partial charge on any atom is -0.380 e. The molecular weight excluding hydrogens is 328 g/mol. The number of aromatic amines is 1. The first-order chi connectivity index (χ1) is 11.4. The Morgan fingerprint density at radius 3 is 2.79 bits per heavy atom. The summed E-state index contributed by atoms with van der Waals surface area (Å²) < 4.78 is 58.1. The summed E-state index contributed by atoms with van der Waals surface area (Å²) >= 11 is 0. The second-order valence-corrected chi connectivity index (χ2v) is 5.71. The van der Waals surface area contributed by atoms with E-state index in [4.69, 9.17) is 4.74 Å². The number of ether oxygens (including phenoxy) is 1. The van der Waals surface area contributed by atoms with Gasteiger partial charge in [0.1, 0.15) is 18.0 Å². The molecule has 2 aromatic rings. The normalized spacial score (nSPS) is 22.2. The van der Waals surface area contributed by atoms with Crippen molar-refractivity contribution in [3.8, 4) is 0 Å². The highest BCUT2D eigenvalue weighted by Gasteiger charge is 2.38. The molecule has 0 amide bonds. The van der Waals surface area contributed by atoms with Crippen molar-refractivity contribution >= 4 is 0 Å². The van der Waals surface area contributed by atoms with Gasteiger partial charge in [-0.25, -0.2) is 9.37 Å². The molecule has 0 radical (unpaired) electrons. The summed E-state index contributed by atoms with van der Waals surface area (Å²) in [5.41, 5.74) is -0.940. The molecule has 1 aliphatic heterocycles. The summed E-state index contributed by atoms with van der Waals surface area (Å²) in [4.78, 5) is 5.93. The molecule has 0 saturated carbocycles. The summed E-state index contributed by atoms with van der Waals surface area (Å²) in [6.45, 7) is 0.469. The Kier molecular flexibility index (Phi) is 4.55. The highest BCUT2D eigenvalue weighted by molar-refractivity contribution is 5.30. The average Bonchev–Trinajstić information content (AvgIpc) is 3.17. The molecule has 1 saturated heterocycles. The number of rotatable bonds is 4. The van der Waals surface area contributed by atoms with Crippen molar-refractivity contribution in [3.63, 3.8) is 0 Å². The van der Waals surface area contributed by atoms with Crippen LogP contribution in [0.2, 0.25) is 0 Å². The van der Waals surface area contributed by atoms with Crippen LogP contribution in [0.15, 0.2) is 24.5 Å². The van der Waals surface area contributed by atoms with Gasteiger partial charge in [0.2, 0.25) is 0 Å². The number of aromatic nitrogens is 3. The van der Waals surface area contributed by atoms with Crippen LogP contribution in [0.5, 0.6) is 0 Å². The first-order valence-electron chi connectivity index (χ1n) is 7.36. The predicted octanol–water partition coefficient (Wildman–Crippen LogP) is 2.92. The fraction of sp³-hybridized carbons (Fsp3) is 0.467. The highest BCUT2D eigenvalue weighted by atomic mass is 19.4. The van der Waals surface area contributed by atoms with Crippen LogP contribution in [-0.4, -0.2) is 39.8 Å². The molecule has 0 unspecified atom stereocenters. The maximum Gasteiger partial charge on any atom is 0.416 e. The van der Waals surface area contributed by atoms with E-state index in [-0.39, 0.29) is 24.3 Å². The van der Waals surface area contributed by atoms with Crippen LogP contribution in [-0.2, 0) is 17.5 Å². The molecule has 0 bridgehead atoms. The van der Waals surface area contributed by atoms with Crippen molar-refractivity contribution in [2.24, 2.45) is 0 Å². The molecular formula is C15H16F4N4O. The van der Waals surface area contributed by atoms with Crippen LogP contribution in [0.3, 0.4) is 0 Å². The van der Waals surface area contributed by atoms with Gasteiger partial charge in [-0.15, -0.1) is 0 Å². The van der Waals surface area contributed by atoms with E-state index in [9.17, 15) is 17.6 Å². The van der Waals surface area contributed by atoms with Gasteiger partial charge in [-0.2, -0.15) is 18.3 Å². The fourth-order valence-electron chi connectivity index (χ4n) is 3.04. The highest BCUT2D eigenvalue weighted by Crippen LogP contribution is 2.37. The van der Waals surface area contributed by atoms with E-state index in [0.717, 1.165) is 6.07 Å². The van der Waals surface area contributed by atoms with Gasteiger partial charge < -0.3 is 4.74 Å². The van der Waals surface area contributed by atoms with Crippen molar-refractivity contribution in [1.29, 1.82) is 0 Å². The molecule has 1 aromatic heterocycles. The molecule has 1 fully saturated rings. The van der Waals surface area contributed by atoms with Gasteiger partial charge in [-0.3, -0.25) is 10.00 Å². The first-order valence-corrected chi connectivity index (χ1v) is 7.36. The minimum absolute atomic E-state index is 0.0142. The van der Waals surface area contributed by atoms with Crippen LogP contribution >= 0.6 is 0 Å². The summed E-state index contributed by atoms with van der Waals surface area (Å²) in [6.07, 6.45) is -2.78. The van der Waals surface area contributed by atoms with Gasteiger partial charge in [-0.05, 0) is 24.1 Å². The zero-order chi connectivity index (χ0) is 17.3. The van der Waals surface area contributed by atoms with Crippen molar-refractivity contribution < 1.29 is 22.3 Å². The molecule has 5 nitrogen and oxygen atoms in total. The number of halogens is 4. The molecule has 1 aliphatic rings. The third-order valence-electron chi connectivity index (χ3n) is 4.20. The number of nitrogens with zero attached hydrogens (tertiary/aromatic N) is 3. The van der Waals surface area contributed by atoms with Crippen LogP contribution in [0.1, 0.15) is 29.4 Å². The predicted molar refractivity (Wildman–Crippen MR) is 76.3 cm³/mol.